The Hall–Kier alpha value is -7.95. The van der Waals surface area contributed by atoms with Crippen molar-refractivity contribution in [2.24, 2.45) is 0 Å². The fourth-order valence-corrected chi connectivity index (χ4v) is 8.84. The number of hydrogen-bond acceptors (Lipinski definition) is 4. The van der Waals surface area contributed by atoms with E-state index in [9.17, 15) is 0 Å². The van der Waals surface area contributed by atoms with Crippen LogP contribution >= 0.6 is 0 Å². The Labute approximate surface area is 355 Å². The highest BCUT2D eigenvalue weighted by molar-refractivity contribution is 5.93. The van der Waals surface area contributed by atoms with E-state index in [1.807, 2.05) is 24.3 Å². The van der Waals surface area contributed by atoms with Gasteiger partial charge in [0.25, 0.3) is 0 Å². The lowest BCUT2D eigenvalue weighted by Gasteiger charge is -2.22. The van der Waals surface area contributed by atoms with E-state index < -0.39 is 0 Å². The van der Waals surface area contributed by atoms with Gasteiger partial charge in [-0.3, -0.25) is 0 Å². The molecule has 1 aromatic heterocycles. The second-order valence-corrected chi connectivity index (χ2v) is 15.5. The molecule has 8 aromatic carbocycles. The second kappa shape index (κ2) is 15.7. The van der Waals surface area contributed by atoms with E-state index in [1.165, 1.54) is 11.1 Å². The predicted octanol–water partition coefficient (Wildman–Crippen LogP) is 14.0. The third-order valence-corrected chi connectivity index (χ3v) is 11.7. The molecule has 1 aliphatic carbocycles. The molecule has 0 spiro atoms. The fourth-order valence-electron chi connectivity index (χ4n) is 8.84. The van der Waals surface area contributed by atoms with Crippen LogP contribution in [-0.4, -0.2) is 21.1 Å². The summed E-state index contributed by atoms with van der Waals surface area (Å²) in [4.78, 5) is 15.7. The summed E-state index contributed by atoms with van der Waals surface area (Å²) in [6.45, 7) is 0. The van der Waals surface area contributed by atoms with Crippen molar-refractivity contribution in [2.75, 3.05) is 0 Å². The number of allylic oxidation sites excluding steroid dienone is 2. The smallest absolute Gasteiger partial charge is 0.164 e. The van der Waals surface area contributed by atoms with Gasteiger partial charge in [-0.1, -0.05) is 200 Å². The molecular weight excluding hydrogens is 743 g/mol. The monoisotopic (exact) mass is 781 g/mol. The highest BCUT2D eigenvalue weighted by Crippen LogP contribution is 2.54. The maximum Gasteiger partial charge on any atom is 0.164 e. The number of rotatable bonds is 8. The number of benzene rings is 8. The van der Waals surface area contributed by atoms with Gasteiger partial charge in [0.1, 0.15) is 11.9 Å². The van der Waals surface area contributed by atoms with Crippen LogP contribution in [0.1, 0.15) is 17.3 Å². The fraction of sp³-hybridized carbons (Fsp3) is 0.0351. The van der Waals surface area contributed by atoms with E-state index in [4.69, 9.17) is 19.7 Å². The van der Waals surface area contributed by atoms with Crippen LogP contribution in [0.15, 0.2) is 224 Å². The Morgan fingerprint density at radius 3 is 1.46 bits per heavy atom. The molecule has 0 saturated carbocycles. The second-order valence-electron chi connectivity index (χ2n) is 15.5. The highest BCUT2D eigenvalue weighted by atomic mass is 16.5. The lowest BCUT2D eigenvalue weighted by molar-refractivity contribution is 0.272. The van der Waals surface area contributed by atoms with Gasteiger partial charge in [-0.25, -0.2) is 15.0 Å². The topological polar surface area (TPSA) is 47.9 Å². The Morgan fingerprint density at radius 2 is 0.820 bits per heavy atom. The Kier molecular flexibility index (Phi) is 9.29. The van der Waals surface area contributed by atoms with E-state index in [2.05, 4.69) is 200 Å². The molecule has 0 fully saturated rings. The van der Waals surface area contributed by atoms with E-state index in [-0.39, 0.29) is 12.0 Å². The van der Waals surface area contributed by atoms with Crippen molar-refractivity contribution in [3.8, 4) is 84.2 Å². The number of nitrogens with zero attached hydrogens (tertiary/aromatic N) is 3. The first-order valence-electron chi connectivity index (χ1n) is 20.8. The molecule has 288 valence electrons. The van der Waals surface area contributed by atoms with Crippen LogP contribution in [-0.2, 0) is 0 Å². The summed E-state index contributed by atoms with van der Waals surface area (Å²) in [5, 5.41) is 0. The highest BCUT2D eigenvalue weighted by Gasteiger charge is 2.41. The Morgan fingerprint density at radius 1 is 0.344 bits per heavy atom. The van der Waals surface area contributed by atoms with Crippen molar-refractivity contribution in [3.05, 3.63) is 236 Å². The molecule has 0 N–H and O–H groups in total. The molecule has 2 atom stereocenters. The first-order valence-corrected chi connectivity index (χ1v) is 20.8. The zero-order chi connectivity index (χ0) is 40.5. The third kappa shape index (κ3) is 6.84. The van der Waals surface area contributed by atoms with Crippen LogP contribution < -0.4 is 4.74 Å². The van der Waals surface area contributed by atoms with Gasteiger partial charge in [-0.2, -0.15) is 0 Å². The van der Waals surface area contributed by atoms with E-state index in [0.29, 0.717) is 17.5 Å². The summed E-state index contributed by atoms with van der Waals surface area (Å²) >= 11 is 0. The van der Waals surface area contributed by atoms with Gasteiger partial charge in [-0.15, -0.1) is 0 Å². The molecule has 2 aliphatic rings. The molecule has 4 nitrogen and oxygen atoms in total. The van der Waals surface area contributed by atoms with Gasteiger partial charge < -0.3 is 4.74 Å². The largest absolute Gasteiger partial charge is 0.484 e. The average Bonchev–Trinajstić information content (AvgIpc) is 3.74. The molecular formula is C57H39N3O. The summed E-state index contributed by atoms with van der Waals surface area (Å²) in [5.41, 5.74) is 15.3. The molecule has 0 bridgehead atoms. The number of hydrogen-bond donors (Lipinski definition) is 0. The number of fused-ring (bicyclic) bond motifs is 3. The molecule has 9 aromatic rings. The van der Waals surface area contributed by atoms with Gasteiger partial charge in [0, 0.05) is 27.8 Å². The minimum absolute atomic E-state index is 0.180. The van der Waals surface area contributed by atoms with Crippen LogP contribution in [0.25, 0.3) is 84.0 Å². The van der Waals surface area contributed by atoms with Gasteiger partial charge in [-0.05, 0) is 74.3 Å². The van der Waals surface area contributed by atoms with Crippen LogP contribution in [0.5, 0.6) is 5.75 Å². The van der Waals surface area contributed by atoms with Crippen LogP contribution in [0.3, 0.4) is 0 Å². The zero-order valence-electron chi connectivity index (χ0n) is 33.3. The van der Waals surface area contributed by atoms with Gasteiger partial charge in [0.05, 0.1) is 5.92 Å². The number of aromatic nitrogens is 3. The summed E-state index contributed by atoms with van der Waals surface area (Å²) < 4.78 is 7.14. The van der Waals surface area contributed by atoms with E-state index >= 15 is 0 Å². The van der Waals surface area contributed by atoms with Crippen LogP contribution in [0, 0.1) is 0 Å². The average molecular weight is 782 g/mol. The Balaban J connectivity index is 1.11. The normalized spacial score (nSPS) is 15.0. The summed E-state index contributed by atoms with van der Waals surface area (Å²) in [6.07, 6.45) is 6.16. The molecule has 2 heterocycles. The van der Waals surface area contributed by atoms with Crippen molar-refractivity contribution >= 4 is 5.57 Å². The molecule has 0 amide bonds. The minimum Gasteiger partial charge on any atom is -0.484 e. The van der Waals surface area contributed by atoms with Crippen molar-refractivity contribution < 1.29 is 4.74 Å². The van der Waals surface area contributed by atoms with Crippen molar-refractivity contribution in [2.45, 2.75) is 12.0 Å². The lowest BCUT2D eigenvalue weighted by Crippen LogP contribution is -2.21. The maximum absolute atomic E-state index is 7.14. The molecule has 61 heavy (non-hydrogen) atoms. The predicted molar refractivity (Wildman–Crippen MR) is 249 cm³/mol. The standard InChI is InChI=1S/C57H39N3O/c1-5-19-38(20-6-1)42-27-17-28-43(35-42)56-58-55(41-25-11-4-12-26-41)59-57(60-56)49-33-18-34-52-53(49)51-37-44(47-31-14-13-29-45(47)39-21-7-2-8-22-39)36-50(54(51)61-52)48-32-16-15-30-46(48)40-23-9-3-10-24-40/h1-37,52-53H. The summed E-state index contributed by atoms with van der Waals surface area (Å²) in [6, 6.07) is 72.3. The SMILES string of the molecule is C1=CC2Oc3c(-c4ccccc4-c4ccccc4)cc(-c4ccccc4-c4ccccc4)cc3C2C(c2nc(-c3ccccc3)nc(-c3cccc(-c4ccccc4)c3)n2)=C1. The molecule has 0 radical (unpaired) electrons. The first-order chi connectivity index (χ1) is 30.2. The van der Waals surface area contributed by atoms with E-state index in [0.717, 1.165) is 72.5 Å². The first kappa shape index (κ1) is 36.2. The zero-order valence-corrected chi connectivity index (χ0v) is 33.3. The van der Waals surface area contributed by atoms with Crippen molar-refractivity contribution in [1.29, 1.82) is 0 Å². The summed E-state index contributed by atoms with van der Waals surface area (Å²) in [7, 11) is 0. The Bertz CT molecular complexity index is 3100. The van der Waals surface area contributed by atoms with Crippen LogP contribution in [0.4, 0.5) is 0 Å². The summed E-state index contributed by atoms with van der Waals surface area (Å²) in [5.74, 6) is 2.58. The number of ether oxygens (including phenoxy) is 1. The molecule has 4 heteroatoms. The molecule has 2 unspecified atom stereocenters. The van der Waals surface area contributed by atoms with Crippen LogP contribution in [0.2, 0.25) is 0 Å². The quantitative estimate of drug-likeness (QED) is 0.154. The molecule has 11 rings (SSSR count). The third-order valence-electron chi connectivity index (χ3n) is 11.7. The molecule has 0 saturated heterocycles. The lowest BCUT2D eigenvalue weighted by atomic mass is 9.81. The van der Waals surface area contributed by atoms with Crippen molar-refractivity contribution in [3.63, 3.8) is 0 Å². The van der Waals surface area contributed by atoms with Gasteiger partial charge in [0.15, 0.2) is 17.5 Å². The van der Waals surface area contributed by atoms with E-state index in [1.54, 1.807) is 0 Å². The van der Waals surface area contributed by atoms with Gasteiger partial charge >= 0.3 is 0 Å². The van der Waals surface area contributed by atoms with Crippen molar-refractivity contribution in [1.82, 2.24) is 15.0 Å². The van der Waals surface area contributed by atoms with Gasteiger partial charge in [0.2, 0.25) is 0 Å². The molecule has 1 aliphatic heterocycles. The maximum atomic E-state index is 7.14. The minimum atomic E-state index is -0.265.